The first-order valence-corrected chi connectivity index (χ1v) is 8.69. The van der Waals surface area contributed by atoms with E-state index in [0.717, 1.165) is 5.56 Å². The molecule has 4 nitrogen and oxygen atoms in total. The predicted molar refractivity (Wildman–Crippen MR) is 100 cm³/mol. The Morgan fingerprint density at radius 3 is 2.32 bits per heavy atom. The Labute approximate surface area is 157 Å². The first-order chi connectivity index (χ1) is 11.8. The molecule has 0 aromatic heterocycles. The number of halogens is 2. The third kappa shape index (κ3) is 5.36. The van der Waals surface area contributed by atoms with Gasteiger partial charge < -0.3 is 15.5 Å². The maximum atomic E-state index is 12.3. The van der Waals surface area contributed by atoms with Gasteiger partial charge in [0.1, 0.15) is 5.75 Å². The Morgan fingerprint density at radius 1 is 1.12 bits per heavy atom. The maximum Gasteiger partial charge on any atom is 0.224 e. The lowest BCUT2D eigenvalue weighted by molar-refractivity contribution is -0.121. The summed E-state index contributed by atoms with van der Waals surface area (Å²) in [7, 11) is 0. The highest BCUT2D eigenvalue weighted by molar-refractivity contribution is 6.36. The first-order valence-electron chi connectivity index (χ1n) is 7.93. The second-order valence-corrected chi connectivity index (χ2v) is 6.95. The standard InChI is InChI=1S/C19H21Cl2NO3/c1-11-3-4-13(5-12(11)2)6-14(10-23)22-19(25)9-16-17(20)7-15(24)8-18(16)21/h3-5,7-8,14,23-24H,6,9-10H2,1-2H3,(H,22,25). The molecule has 1 amide bonds. The van der Waals surface area contributed by atoms with Gasteiger partial charge in [0.2, 0.25) is 5.91 Å². The minimum Gasteiger partial charge on any atom is -0.508 e. The molecule has 134 valence electrons. The van der Waals surface area contributed by atoms with Crippen LogP contribution in [0, 0.1) is 13.8 Å². The molecule has 2 rings (SSSR count). The highest BCUT2D eigenvalue weighted by Crippen LogP contribution is 2.30. The van der Waals surface area contributed by atoms with E-state index in [2.05, 4.69) is 11.4 Å². The number of amides is 1. The van der Waals surface area contributed by atoms with Crippen molar-refractivity contribution in [1.29, 1.82) is 0 Å². The number of rotatable bonds is 6. The van der Waals surface area contributed by atoms with Crippen molar-refractivity contribution in [3.05, 3.63) is 62.6 Å². The van der Waals surface area contributed by atoms with E-state index in [1.54, 1.807) is 0 Å². The van der Waals surface area contributed by atoms with E-state index in [1.165, 1.54) is 23.3 Å². The van der Waals surface area contributed by atoms with E-state index in [-0.39, 0.29) is 34.7 Å². The first kappa shape index (κ1) is 19.6. The van der Waals surface area contributed by atoms with E-state index in [0.29, 0.717) is 12.0 Å². The highest BCUT2D eigenvalue weighted by Gasteiger charge is 2.16. The zero-order chi connectivity index (χ0) is 18.6. The highest BCUT2D eigenvalue weighted by atomic mass is 35.5. The van der Waals surface area contributed by atoms with Crippen LogP contribution in [0.2, 0.25) is 10.0 Å². The summed E-state index contributed by atoms with van der Waals surface area (Å²) >= 11 is 12.1. The fourth-order valence-corrected chi connectivity index (χ4v) is 3.18. The van der Waals surface area contributed by atoms with E-state index in [1.807, 2.05) is 26.0 Å². The fourth-order valence-electron chi connectivity index (χ4n) is 2.57. The molecule has 0 saturated heterocycles. The van der Waals surface area contributed by atoms with Crippen molar-refractivity contribution in [2.45, 2.75) is 32.7 Å². The summed E-state index contributed by atoms with van der Waals surface area (Å²) in [4.78, 5) is 12.3. The number of hydrogen-bond donors (Lipinski definition) is 3. The number of nitrogens with one attached hydrogen (secondary N) is 1. The summed E-state index contributed by atoms with van der Waals surface area (Å²) in [5.41, 5.74) is 3.86. The number of hydrogen-bond acceptors (Lipinski definition) is 3. The average Bonchev–Trinajstić information content (AvgIpc) is 2.53. The van der Waals surface area contributed by atoms with Crippen molar-refractivity contribution in [2.75, 3.05) is 6.61 Å². The number of benzene rings is 2. The average molecular weight is 382 g/mol. The minimum absolute atomic E-state index is 0.0264. The molecule has 1 unspecified atom stereocenters. The van der Waals surface area contributed by atoms with Gasteiger partial charge in [-0.15, -0.1) is 0 Å². The molecule has 3 N–H and O–H groups in total. The third-order valence-electron chi connectivity index (χ3n) is 4.10. The van der Waals surface area contributed by atoms with Gasteiger partial charge in [-0.25, -0.2) is 0 Å². The molecule has 2 aromatic rings. The van der Waals surface area contributed by atoms with Gasteiger partial charge >= 0.3 is 0 Å². The summed E-state index contributed by atoms with van der Waals surface area (Å²) in [6.45, 7) is 3.89. The molecule has 0 spiro atoms. The Hall–Kier alpha value is -1.75. The van der Waals surface area contributed by atoms with Crippen LogP contribution in [0.25, 0.3) is 0 Å². The number of phenols is 1. The van der Waals surface area contributed by atoms with Crippen molar-refractivity contribution in [1.82, 2.24) is 5.32 Å². The number of aliphatic hydroxyl groups excluding tert-OH is 1. The van der Waals surface area contributed by atoms with Crippen LogP contribution >= 0.6 is 23.2 Å². The van der Waals surface area contributed by atoms with E-state index in [9.17, 15) is 15.0 Å². The number of aliphatic hydroxyl groups is 1. The van der Waals surface area contributed by atoms with Crippen molar-refractivity contribution in [2.24, 2.45) is 0 Å². The Balaban J connectivity index is 2.03. The van der Waals surface area contributed by atoms with Crippen molar-refractivity contribution < 1.29 is 15.0 Å². The van der Waals surface area contributed by atoms with Gasteiger partial charge in [-0.1, -0.05) is 41.4 Å². The number of aryl methyl sites for hydroxylation is 2. The lowest BCUT2D eigenvalue weighted by atomic mass is 10.0. The molecule has 0 fully saturated rings. The summed E-state index contributed by atoms with van der Waals surface area (Å²) < 4.78 is 0. The van der Waals surface area contributed by atoms with Crippen LogP contribution in [-0.2, 0) is 17.6 Å². The molecule has 0 radical (unpaired) electrons. The number of aromatic hydroxyl groups is 1. The maximum absolute atomic E-state index is 12.3. The SMILES string of the molecule is Cc1ccc(CC(CO)NC(=O)Cc2c(Cl)cc(O)cc2Cl)cc1C. The van der Waals surface area contributed by atoms with Crippen LogP contribution in [-0.4, -0.2) is 28.8 Å². The lowest BCUT2D eigenvalue weighted by Gasteiger charge is -2.18. The van der Waals surface area contributed by atoms with E-state index < -0.39 is 6.04 Å². The van der Waals surface area contributed by atoms with Crippen LogP contribution in [0.5, 0.6) is 5.75 Å². The van der Waals surface area contributed by atoms with Gasteiger partial charge in [-0.05, 0) is 54.7 Å². The second-order valence-electron chi connectivity index (χ2n) is 6.13. The number of phenolic OH excluding ortho intramolecular Hbond substituents is 1. The predicted octanol–water partition coefficient (Wildman–Crippen LogP) is 3.58. The van der Waals surface area contributed by atoms with Crippen molar-refractivity contribution in [3.63, 3.8) is 0 Å². The van der Waals surface area contributed by atoms with Crippen LogP contribution in [0.3, 0.4) is 0 Å². The van der Waals surface area contributed by atoms with Crippen LogP contribution in [0.4, 0.5) is 0 Å². The fraction of sp³-hybridized carbons (Fsp3) is 0.316. The minimum atomic E-state index is -0.399. The second kappa shape index (κ2) is 8.56. The molecular weight excluding hydrogens is 361 g/mol. The number of carbonyl (C=O) groups excluding carboxylic acids is 1. The molecule has 0 heterocycles. The van der Waals surface area contributed by atoms with Gasteiger partial charge in [0.05, 0.1) is 19.1 Å². The normalized spacial score (nSPS) is 12.0. The van der Waals surface area contributed by atoms with Crippen LogP contribution in [0.1, 0.15) is 22.3 Å². The zero-order valence-corrected chi connectivity index (χ0v) is 15.7. The molecule has 1 atom stereocenters. The van der Waals surface area contributed by atoms with Crippen molar-refractivity contribution >= 4 is 29.1 Å². The summed E-state index contributed by atoms with van der Waals surface area (Å²) in [6, 6.07) is 8.35. The summed E-state index contributed by atoms with van der Waals surface area (Å²) in [5, 5.41) is 22.3. The van der Waals surface area contributed by atoms with Gasteiger partial charge in [-0.3, -0.25) is 4.79 Å². The molecule has 0 saturated carbocycles. The zero-order valence-electron chi connectivity index (χ0n) is 14.1. The Morgan fingerprint density at radius 2 is 1.76 bits per heavy atom. The van der Waals surface area contributed by atoms with E-state index >= 15 is 0 Å². The summed E-state index contributed by atoms with van der Waals surface area (Å²) in [5.74, 6) is -0.348. The Kier molecular flexibility index (Phi) is 6.71. The van der Waals surface area contributed by atoms with Gasteiger partial charge in [-0.2, -0.15) is 0 Å². The molecule has 0 aliphatic carbocycles. The summed E-state index contributed by atoms with van der Waals surface area (Å²) in [6.07, 6.45) is 0.502. The molecule has 6 heteroatoms. The monoisotopic (exact) mass is 381 g/mol. The molecule has 2 aromatic carbocycles. The number of carbonyl (C=O) groups is 1. The van der Waals surface area contributed by atoms with Crippen LogP contribution < -0.4 is 5.32 Å². The molecule has 25 heavy (non-hydrogen) atoms. The molecule has 0 aliphatic rings. The van der Waals surface area contributed by atoms with E-state index in [4.69, 9.17) is 23.2 Å². The third-order valence-corrected chi connectivity index (χ3v) is 4.78. The van der Waals surface area contributed by atoms with Crippen molar-refractivity contribution in [3.8, 4) is 5.75 Å². The molecular formula is C19H21Cl2NO3. The quantitative estimate of drug-likeness (QED) is 0.715. The smallest absolute Gasteiger partial charge is 0.224 e. The topological polar surface area (TPSA) is 69.6 Å². The molecule has 0 bridgehead atoms. The van der Waals surface area contributed by atoms with Crippen LogP contribution in [0.15, 0.2) is 30.3 Å². The van der Waals surface area contributed by atoms with Gasteiger partial charge in [0, 0.05) is 10.0 Å². The van der Waals surface area contributed by atoms with Gasteiger partial charge in [0.25, 0.3) is 0 Å². The Bertz CT molecular complexity index is 754. The van der Waals surface area contributed by atoms with Gasteiger partial charge in [0.15, 0.2) is 0 Å². The largest absolute Gasteiger partial charge is 0.508 e. The lowest BCUT2D eigenvalue weighted by Crippen LogP contribution is -2.40. The molecule has 0 aliphatic heterocycles.